The smallest absolute Gasteiger partial charge is 0.160 e. The molecule has 0 fully saturated rings. The zero-order valence-electron chi connectivity index (χ0n) is 34.3. The first-order chi connectivity index (χ1) is 30.5. The van der Waals surface area contributed by atoms with Gasteiger partial charge in [-0.05, 0) is 81.2 Å². The van der Waals surface area contributed by atoms with Crippen LogP contribution in [-0.4, -0.2) is 24.5 Å². The molecule has 0 aliphatic heterocycles. The van der Waals surface area contributed by atoms with Crippen molar-refractivity contribution in [3.63, 3.8) is 0 Å². The Balaban J connectivity index is 0.991. The van der Waals surface area contributed by atoms with Crippen LogP contribution in [0.15, 0.2) is 200 Å². The Morgan fingerprint density at radius 1 is 0.387 bits per heavy atom. The quantitative estimate of drug-likeness (QED) is 0.168. The van der Waals surface area contributed by atoms with Crippen molar-refractivity contribution in [2.75, 3.05) is 0 Å². The van der Waals surface area contributed by atoms with Gasteiger partial charge in [0.15, 0.2) is 5.82 Å². The third-order valence-corrected chi connectivity index (χ3v) is 12.7. The van der Waals surface area contributed by atoms with Gasteiger partial charge in [-0.1, -0.05) is 159 Å². The number of fused-ring (bicyclic) bond motifs is 7. The van der Waals surface area contributed by atoms with Crippen molar-refractivity contribution >= 4 is 32.6 Å². The van der Waals surface area contributed by atoms with Gasteiger partial charge in [-0.25, -0.2) is 15.0 Å². The molecule has 12 rings (SSSR count). The van der Waals surface area contributed by atoms with E-state index >= 15 is 0 Å². The first kappa shape index (κ1) is 35.9. The summed E-state index contributed by atoms with van der Waals surface area (Å²) in [5.74, 6) is 0.644. The first-order valence-electron chi connectivity index (χ1n) is 21.1. The lowest BCUT2D eigenvalue weighted by Crippen LogP contribution is -2.14. The van der Waals surface area contributed by atoms with E-state index in [0.29, 0.717) is 17.2 Å². The van der Waals surface area contributed by atoms with Crippen LogP contribution in [0.3, 0.4) is 0 Å². The molecule has 0 saturated carbocycles. The molecule has 0 radical (unpaired) electrons. The number of aromatic nitrogens is 5. The monoisotopic (exact) mass is 793 g/mol. The zero-order chi connectivity index (χ0) is 41.4. The van der Waals surface area contributed by atoms with Gasteiger partial charge in [-0.2, -0.15) is 0 Å². The molecule has 0 N–H and O–H groups in total. The van der Waals surface area contributed by atoms with Gasteiger partial charge in [0.05, 0.1) is 46.2 Å². The fourth-order valence-corrected chi connectivity index (χ4v) is 9.60. The summed E-state index contributed by atoms with van der Waals surface area (Å²) < 4.78 is 2.44. The second-order valence-corrected chi connectivity index (χ2v) is 16.7. The summed E-state index contributed by atoms with van der Waals surface area (Å²) >= 11 is 0. The van der Waals surface area contributed by atoms with Gasteiger partial charge in [0.1, 0.15) is 5.69 Å². The summed E-state index contributed by atoms with van der Waals surface area (Å²) in [7, 11) is 0. The number of para-hydroxylation sites is 1. The lowest BCUT2D eigenvalue weighted by Gasteiger charge is -2.22. The number of rotatable bonds is 6. The van der Waals surface area contributed by atoms with Crippen molar-refractivity contribution in [3.05, 3.63) is 212 Å². The SMILES string of the molecule is CC1(C)c2ccccc2-c2ccc(-c3cc(-n4c5ccccc5c5cc(-c6cncc(-c7cc(-c8ccccc8)nc(-c8ccccc8)n7)n6)ccc54)c4ccccc4c3)cc21. The number of hydrogen-bond donors (Lipinski definition) is 0. The third kappa shape index (κ3) is 5.77. The molecule has 0 unspecified atom stereocenters. The lowest BCUT2D eigenvalue weighted by molar-refractivity contribution is 0.660. The summed E-state index contributed by atoms with van der Waals surface area (Å²) in [6.45, 7) is 4.70. The molecule has 292 valence electrons. The van der Waals surface area contributed by atoms with E-state index in [2.05, 4.69) is 152 Å². The Labute approximate surface area is 359 Å². The Bertz CT molecular complexity index is 3490. The van der Waals surface area contributed by atoms with Crippen molar-refractivity contribution in [1.82, 2.24) is 24.5 Å². The van der Waals surface area contributed by atoms with Crippen LogP contribution in [0.1, 0.15) is 25.0 Å². The molecule has 1 aliphatic carbocycles. The maximum Gasteiger partial charge on any atom is 0.160 e. The first-order valence-corrected chi connectivity index (χ1v) is 21.1. The van der Waals surface area contributed by atoms with E-state index in [0.717, 1.165) is 50.2 Å². The van der Waals surface area contributed by atoms with Crippen LogP contribution in [-0.2, 0) is 5.41 Å². The van der Waals surface area contributed by atoms with E-state index in [-0.39, 0.29) is 5.41 Å². The number of hydrogen-bond acceptors (Lipinski definition) is 4. The van der Waals surface area contributed by atoms with Crippen LogP contribution in [0.4, 0.5) is 0 Å². The van der Waals surface area contributed by atoms with E-state index in [1.807, 2.05) is 60.8 Å². The molecule has 0 saturated heterocycles. The highest BCUT2D eigenvalue weighted by Crippen LogP contribution is 2.50. The maximum absolute atomic E-state index is 5.21. The molecule has 5 nitrogen and oxygen atoms in total. The number of nitrogens with zero attached hydrogens (tertiary/aromatic N) is 5. The molecule has 11 aromatic rings. The highest BCUT2D eigenvalue weighted by molar-refractivity contribution is 6.12. The molecule has 0 bridgehead atoms. The molecular formula is C57H39N5. The normalized spacial score (nSPS) is 12.8. The fraction of sp³-hybridized carbons (Fsp3) is 0.0526. The topological polar surface area (TPSA) is 56.5 Å². The molecule has 1 aliphatic rings. The molecule has 0 atom stereocenters. The van der Waals surface area contributed by atoms with E-state index in [9.17, 15) is 0 Å². The van der Waals surface area contributed by atoms with Crippen LogP contribution in [0.2, 0.25) is 0 Å². The van der Waals surface area contributed by atoms with Gasteiger partial charge in [-0.15, -0.1) is 0 Å². The Kier molecular flexibility index (Phi) is 8.12. The van der Waals surface area contributed by atoms with E-state index in [1.54, 1.807) is 6.20 Å². The van der Waals surface area contributed by atoms with Gasteiger partial charge >= 0.3 is 0 Å². The van der Waals surface area contributed by atoms with E-state index in [1.165, 1.54) is 49.5 Å². The van der Waals surface area contributed by atoms with Gasteiger partial charge in [0, 0.05) is 38.3 Å². The second kappa shape index (κ2) is 14.0. The fourth-order valence-electron chi connectivity index (χ4n) is 9.60. The van der Waals surface area contributed by atoms with Crippen molar-refractivity contribution in [2.24, 2.45) is 0 Å². The summed E-state index contributed by atoms with van der Waals surface area (Å²) in [4.78, 5) is 19.9. The largest absolute Gasteiger partial charge is 0.309 e. The van der Waals surface area contributed by atoms with Gasteiger partial charge in [0.25, 0.3) is 0 Å². The average Bonchev–Trinajstić information content (AvgIpc) is 3.79. The van der Waals surface area contributed by atoms with Gasteiger partial charge in [0.2, 0.25) is 0 Å². The van der Waals surface area contributed by atoms with Crippen LogP contribution in [0, 0.1) is 0 Å². The molecule has 8 aromatic carbocycles. The zero-order valence-corrected chi connectivity index (χ0v) is 34.3. The predicted octanol–water partition coefficient (Wildman–Crippen LogP) is 14.2. The molecular weight excluding hydrogens is 755 g/mol. The van der Waals surface area contributed by atoms with E-state index < -0.39 is 0 Å². The molecule has 5 heteroatoms. The van der Waals surface area contributed by atoms with Crippen molar-refractivity contribution in [1.29, 1.82) is 0 Å². The Morgan fingerprint density at radius 3 is 1.90 bits per heavy atom. The average molecular weight is 794 g/mol. The summed E-state index contributed by atoms with van der Waals surface area (Å²) in [6.07, 6.45) is 3.63. The summed E-state index contributed by atoms with van der Waals surface area (Å²) in [6, 6.07) is 67.1. The van der Waals surface area contributed by atoms with Crippen LogP contribution in [0.5, 0.6) is 0 Å². The van der Waals surface area contributed by atoms with Crippen molar-refractivity contribution in [3.8, 4) is 73.2 Å². The minimum atomic E-state index is -0.0823. The second-order valence-electron chi connectivity index (χ2n) is 16.7. The van der Waals surface area contributed by atoms with Crippen LogP contribution < -0.4 is 0 Å². The molecule has 62 heavy (non-hydrogen) atoms. The highest BCUT2D eigenvalue weighted by Gasteiger charge is 2.35. The third-order valence-electron chi connectivity index (χ3n) is 12.7. The number of benzene rings is 8. The van der Waals surface area contributed by atoms with Crippen LogP contribution in [0.25, 0.3) is 106 Å². The van der Waals surface area contributed by atoms with Crippen molar-refractivity contribution in [2.45, 2.75) is 19.3 Å². The molecule has 0 amide bonds. The molecule has 3 heterocycles. The summed E-state index contributed by atoms with van der Waals surface area (Å²) in [5.41, 5.74) is 17.1. The Morgan fingerprint density at radius 2 is 1.05 bits per heavy atom. The van der Waals surface area contributed by atoms with Crippen molar-refractivity contribution < 1.29 is 0 Å². The lowest BCUT2D eigenvalue weighted by atomic mass is 9.81. The van der Waals surface area contributed by atoms with Crippen LogP contribution >= 0.6 is 0 Å². The Hall–Kier alpha value is -8.02. The van der Waals surface area contributed by atoms with E-state index in [4.69, 9.17) is 19.9 Å². The minimum absolute atomic E-state index is 0.0823. The van der Waals surface area contributed by atoms with Gasteiger partial charge < -0.3 is 4.57 Å². The standard InChI is InChI=1S/C57H39N5/c1-57(2)47-23-13-11-21-43(47)44-27-25-38(31-48(44)57)41-29-39-19-9-10-20-42(39)55(32-41)62-53-24-14-12-22-45(53)46-30-40(26-28-54(46)62)51-34-58-35-52(59-51)50-33-49(36-15-5-3-6-16-36)60-56(61-50)37-17-7-4-8-18-37/h3-35H,1-2H3. The maximum atomic E-state index is 5.21. The minimum Gasteiger partial charge on any atom is -0.309 e. The van der Waals surface area contributed by atoms with Gasteiger partial charge in [-0.3, -0.25) is 4.98 Å². The highest BCUT2D eigenvalue weighted by atomic mass is 15.0. The molecule has 0 spiro atoms. The summed E-state index contributed by atoms with van der Waals surface area (Å²) in [5, 5.41) is 4.73. The predicted molar refractivity (Wildman–Crippen MR) is 254 cm³/mol. The molecule has 3 aromatic heterocycles.